The van der Waals surface area contributed by atoms with Crippen molar-refractivity contribution in [1.82, 2.24) is 20.2 Å². The van der Waals surface area contributed by atoms with Gasteiger partial charge in [0.1, 0.15) is 0 Å². The van der Waals surface area contributed by atoms with Gasteiger partial charge in [0.05, 0.1) is 10.9 Å². The van der Waals surface area contributed by atoms with Crippen molar-refractivity contribution in [3.63, 3.8) is 0 Å². The average Bonchev–Trinajstić information content (AvgIpc) is 3.06. The smallest absolute Gasteiger partial charge is 0.237 e. The summed E-state index contributed by atoms with van der Waals surface area (Å²) in [6, 6.07) is 12.1. The van der Waals surface area contributed by atoms with Gasteiger partial charge in [0.25, 0.3) is 0 Å². The number of nitrogens with zero attached hydrogens (tertiary/aromatic N) is 4. The molecule has 1 unspecified atom stereocenters. The van der Waals surface area contributed by atoms with E-state index in [0.717, 1.165) is 28.1 Å². The van der Waals surface area contributed by atoms with E-state index < -0.39 is 0 Å². The monoisotopic (exact) mass is 381 g/mol. The Bertz CT molecular complexity index is 982. The lowest BCUT2D eigenvalue weighted by Gasteiger charge is -2.14. The Morgan fingerprint density at radius 1 is 1.04 bits per heavy atom. The zero-order valence-electron chi connectivity index (χ0n) is 16.1. The second kappa shape index (κ2) is 7.92. The van der Waals surface area contributed by atoms with Crippen molar-refractivity contribution in [2.75, 3.05) is 5.32 Å². The molecule has 0 saturated carbocycles. The van der Waals surface area contributed by atoms with Crippen LogP contribution in [0.15, 0.2) is 41.6 Å². The molecule has 3 aromatic rings. The topological polar surface area (TPSA) is 72.7 Å². The number of nitrogens with one attached hydrogen (secondary N) is 1. The van der Waals surface area contributed by atoms with Gasteiger partial charge in [-0.15, -0.1) is 5.10 Å². The molecule has 0 aliphatic rings. The quantitative estimate of drug-likeness (QED) is 0.676. The first-order valence-electron chi connectivity index (χ1n) is 8.76. The minimum atomic E-state index is -0.347. The number of rotatable bonds is 5. The maximum Gasteiger partial charge on any atom is 0.237 e. The number of hydrogen-bond donors (Lipinski definition) is 1. The van der Waals surface area contributed by atoms with E-state index in [1.54, 1.807) is 4.68 Å². The first-order valence-corrected chi connectivity index (χ1v) is 9.64. The van der Waals surface area contributed by atoms with Crippen molar-refractivity contribution in [3.05, 3.63) is 58.7 Å². The Morgan fingerprint density at radius 2 is 1.74 bits per heavy atom. The third-order valence-electron chi connectivity index (χ3n) is 4.32. The highest BCUT2D eigenvalue weighted by molar-refractivity contribution is 8.00. The molecule has 6 nitrogen and oxygen atoms in total. The van der Waals surface area contributed by atoms with Crippen LogP contribution in [-0.2, 0) is 4.79 Å². The molecule has 0 spiro atoms. The Kier molecular flexibility index (Phi) is 5.60. The molecule has 140 valence electrons. The van der Waals surface area contributed by atoms with Crippen LogP contribution in [-0.4, -0.2) is 31.4 Å². The molecule has 1 N–H and O–H groups in total. The van der Waals surface area contributed by atoms with E-state index in [1.807, 2.05) is 65.0 Å². The predicted octanol–water partition coefficient (Wildman–Crippen LogP) is 4.02. The highest BCUT2D eigenvalue weighted by atomic mass is 32.2. The molecule has 1 heterocycles. The zero-order valence-corrected chi connectivity index (χ0v) is 17.0. The van der Waals surface area contributed by atoms with Gasteiger partial charge < -0.3 is 5.32 Å². The minimum absolute atomic E-state index is 0.0797. The summed E-state index contributed by atoms with van der Waals surface area (Å²) < 4.78 is 1.68. The molecule has 0 fully saturated rings. The molecule has 3 rings (SSSR count). The molecular formula is C20H23N5OS. The summed E-state index contributed by atoms with van der Waals surface area (Å²) >= 11 is 1.34. The zero-order chi connectivity index (χ0) is 19.6. The molecule has 1 atom stereocenters. The largest absolute Gasteiger partial charge is 0.325 e. The number of anilines is 1. The number of amides is 1. The summed E-state index contributed by atoms with van der Waals surface area (Å²) in [6.45, 7) is 9.91. The van der Waals surface area contributed by atoms with E-state index >= 15 is 0 Å². The molecule has 0 aliphatic carbocycles. The minimum Gasteiger partial charge on any atom is -0.325 e. The van der Waals surface area contributed by atoms with Gasteiger partial charge in [-0.05, 0) is 73.9 Å². The van der Waals surface area contributed by atoms with Crippen molar-refractivity contribution in [3.8, 4) is 5.69 Å². The van der Waals surface area contributed by atoms with Crippen LogP contribution < -0.4 is 5.32 Å². The lowest BCUT2D eigenvalue weighted by molar-refractivity contribution is -0.115. The Balaban J connectivity index is 1.77. The van der Waals surface area contributed by atoms with E-state index in [4.69, 9.17) is 0 Å². The second-order valence-electron chi connectivity index (χ2n) is 6.73. The Morgan fingerprint density at radius 3 is 2.48 bits per heavy atom. The molecule has 0 radical (unpaired) electrons. The maximum absolute atomic E-state index is 12.7. The van der Waals surface area contributed by atoms with Crippen LogP contribution in [0.3, 0.4) is 0 Å². The lowest BCUT2D eigenvalue weighted by atomic mass is 10.1. The molecular weight excluding hydrogens is 358 g/mol. The standard InChI is InChI=1S/C20H23N5OS/c1-12-7-9-18(15(4)10-12)25-20(22-23-24-25)27-16(5)19(26)21-17-11-13(2)6-8-14(17)3/h6-11,16H,1-5H3,(H,21,26). The second-order valence-corrected chi connectivity index (χ2v) is 8.04. The van der Waals surface area contributed by atoms with Gasteiger partial charge in [0.15, 0.2) is 0 Å². The fourth-order valence-corrected chi connectivity index (χ4v) is 3.56. The highest BCUT2D eigenvalue weighted by Crippen LogP contribution is 2.26. The maximum atomic E-state index is 12.7. The van der Waals surface area contributed by atoms with Crippen LogP contribution in [0, 0.1) is 27.7 Å². The van der Waals surface area contributed by atoms with E-state index in [2.05, 4.69) is 26.9 Å². The van der Waals surface area contributed by atoms with Gasteiger partial charge in [-0.3, -0.25) is 4.79 Å². The fourth-order valence-electron chi connectivity index (χ4n) is 2.76. The summed E-state index contributed by atoms with van der Waals surface area (Å²) in [5.41, 5.74) is 6.15. The van der Waals surface area contributed by atoms with E-state index in [1.165, 1.54) is 17.3 Å². The van der Waals surface area contributed by atoms with Crippen molar-refractivity contribution in [1.29, 1.82) is 0 Å². The molecule has 7 heteroatoms. The third kappa shape index (κ3) is 4.36. The molecule has 0 saturated heterocycles. The molecule has 1 aromatic heterocycles. The third-order valence-corrected chi connectivity index (χ3v) is 5.36. The molecule has 0 bridgehead atoms. The first kappa shape index (κ1) is 19.1. The van der Waals surface area contributed by atoms with Gasteiger partial charge >= 0.3 is 0 Å². The van der Waals surface area contributed by atoms with Crippen molar-refractivity contribution >= 4 is 23.4 Å². The molecule has 0 aliphatic heterocycles. The van der Waals surface area contributed by atoms with Crippen molar-refractivity contribution in [2.45, 2.75) is 45.0 Å². The van der Waals surface area contributed by atoms with Crippen LogP contribution in [0.2, 0.25) is 0 Å². The number of aromatic nitrogens is 4. The number of thioether (sulfide) groups is 1. The summed E-state index contributed by atoms with van der Waals surface area (Å²) in [7, 11) is 0. The van der Waals surface area contributed by atoms with Crippen LogP contribution in [0.1, 0.15) is 29.2 Å². The number of hydrogen-bond acceptors (Lipinski definition) is 5. The Hall–Kier alpha value is -2.67. The van der Waals surface area contributed by atoms with E-state index in [-0.39, 0.29) is 11.2 Å². The van der Waals surface area contributed by atoms with Crippen LogP contribution in [0.25, 0.3) is 5.69 Å². The van der Waals surface area contributed by atoms with Crippen molar-refractivity contribution < 1.29 is 4.79 Å². The number of benzene rings is 2. The average molecular weight is 382 g/mol. The van der Waals surface area contributed by atoms with Gasteiger partial charge in [0, 0.05) is 5.69 Å². The summed E-state index contributed by atoms with van der Waals surface area (Å²) in [5.74, 6) is -0.0797. The SMILES string of the molecule is Cc1ccc(-n2nnnc2SC(C)C(=O)Nc2cc(C)ccc2C)c(C)c1. The van der Waals surface area contributed by atoms with E-state index in [0.29, 0.717) is 5.16 Å². The molecule has 1 amide bonds. The summed E-state index contributed by atoms with van der Waals surface area (Å²) in [6.07, 6.45) is 0. The lowest BCUT2D eigenvalue weighted by Crippen LogP contribution is -2.23. The van der Waals surface area contributed by atoms with Gasteiger partial charge in [-0.2, -0.15) is 4.68 Å². The first-order chi connectivity index (χ1) is 12.8. The molecule has 2 aromatic carbocycles. The highest BCUT2D eigenvalue weighted by Gasteiger charge is 2.20. The van der Waals surface area contributed by atoms with Gasteiger partial charge in [-0.1, -0.05) is 41.6 Å². The normalized spacial score (nSPS) is 12.0. The fraction of sp³-hybridized carbons (Fsp3) is 0.300. The Labute approximate surface area is 163 Å². The van der Waals surface area contributed by atoms with Crippen LogP contribution in [0.4, 0.5) is 5.69 Å². The van der Waals surface area contributed by atoms with Crippen LogP contribution >= 0.6 is 11.8 Å². The summed E-state index contributed by atoms with van der Waals surface area (Å²) in [5, 5.41) is 15.2. The number of aryl methyl sites for hydroxylation is 4. The van der Waals surface area contributed by atoms with Gasteiger partial charge in [-0.25, -0.2) is 0 Å². The predicted molar refractivity (Wildman–Crippen MR) is 108 cm³/mol. The molecule has 27 heavy (non-hydrogen) atoms. The van der Waals surface area contributed by atoms with Crippen LogP contribution in [0.5, 0.6) is 0 Å². The van der Waals surface area contributed by atoms with Gasteiger partial charge in [0.2, 0.25) is 11.1 Å². The summed E-state index contributed by atoms with van der Waals surface area (Å²) in [4.78, 5) is 12.7. The number of carbonyl (C=O) groups is 1. The number of carbonyl (C=O) groups excluding carboxylic acids is 1. The van der Waals surface area contributed by atoms with Crippen molar-refractivity contribution in [2.24, 2.45) is 0 Å². The van der Waals surface area contributed by atoms with E-state index in [9.17, 15) is 4.79 Å². The number of tetrazole rings is 1.